The summed E-state index contributed by atoms with van der Waals surface area (Å²) in [6.07, 6.45) is 1.77. The van der Waals surface area contributed by atoms with Gasteiger partial charge in [0.1, 0.15) is 12.4 Å². The van der Waals surface area contributed by atoms with E-state index in [0.717, 1.165) is 11.1 Å². The number of fused-ring (bicyclic) bond motifs is 1. The molecule has 5 rings (SSSR count). The van der Waals surface area contributed by atoms with Crippen molar-refractivity contribution in [2.24, 2.45) is 4.99 Å². The third-order valence-electron chi connectivity index (χ3n) is 7.18. The maximum atomic E-state index is 14.1. The van der Waals surface area contributed by atoms with Crippen LogP contribution in [0.1, 0.15) is 43.5 Å². The summed E-state index contributed by atoms with van der Waals surface area (Å²) in [5, 5.41) is 0.619. The van der Waals surface area contributed by atoms with E-state index in [2.05, 4.69) is 9.73 Å². The highest BCUT2D eigenvalue weighted by Gasteiger charge is 2.34. The van der Waals surface area contributed by atoms with Gasteiger partial charge in [-0.25, -0.2) is 14.6 Å². The lowest BCUT2D eigenvalue weighted by molar-refractivity contribution is -0.143. The van der Waals surface area contributed by atoms with Crippen molar-refractivity contribution in [2.45, 2.75) is 33.4 Å². The van der Waals surface area contributed by atoms with Crippen molar-refractivity contribution >= 4 is 41.0 Å². The number of aromatic nitrogens is 1. The van der Waals surface area contributed by atoms with Gasteiger partial charge in [-0.2, -0.15) is 0 Å². The maximum Gasteiger partial charge on any atom is 0.343 e. The lowest BCUT2D eigenvalue weighted by Crippen LogP contribution is -2.40. The zero-order valence-corrected chi connectivity index (χ0v) is 27.9. The second-order valence-electron chi connectivity index (χ2n) is 10.3. The molecule has 0 saturated carbocycles. The molecule has 244 valence electrons. The smallest absolute Gasteiger partial charge is 0.343 e. The van der Waals surface area contributed by atoms with Crippen molar-refractivity contribution in [3.63, 3.8) is 0 Å². The first-order chi connectivity index (χ1) is 22.7. The van der Waals surface area contributed by atoms with Crippen molar-refractivity contribution in [1.82, 2.24) is 4.57 Å². The van der Waals surface area contributed by atoms with Gasteiger partial charge >= 0.3 is 11.9 Å². The molecule has 0 saturated heterocycles. The number of nitrogens with zero attached hydrogens (tertiary/aromatic N) is 2. The van der Waals surface area contributed by atoms with Crippen molar-refractivity contribution in [2.75, 3.05) is 26.9 Å². The zero-order valence-electron chi connectivity index (χ0n) is 26.3. The molecule has 0 N–H and O–H groups in total. The Labute approximate surface area is 280 Å². The van der Waals surface area contributed by atoms with Crippen LogP contribution in [0.15, 0.2) is 87.8 Å². The number of hydrogen-bond acceptors (Lipinski definition) is 10. The van der Waals surface area contributed by atoms with Crippen LogP contribution < -0.4 is 29.1 Å². The second-order valence-corrected chi connectivity index (χ2v) is 11.7. The predicted molar refractivity (Wildman–Crippen MR) is 178 cm³/mol. The summed E-state index contributed by atoms with van der Waals surface area (Å²) in [6.45, 7) is 5.67. The Morgan fingerprint density at radius 3 is 2.53 bits per heavy atom. The number of ether oxygens (including phenoxy) is 5. The third kappa shape index (κ3) is 7.58. The Balaban J connectivity index is 1.56. The van der Waals surface area contributed by atoms with Crippen LogP contribution in [0.3, 0.4) is 0 Å². The van der Waals surface area contributed by atoms with E-state index in [0.29, 0.717) is 49.5 Å². The number of benzene rings is 3. The largest absolute Gasteiger partial charge is 0.490 e. The molecule has 1 aliphatic heterocycles. The molecule has 0 amide bonds. The second kappa shape index (κ2) is 15.1. The fourth-order valence-electron chi connectivity index (χ4n) is 5.01. The third-order valence-corrected chi connectivity index (χ3v) is 8.53. The molecule has 3 aromatic carbocycles. The van der Waals surface area contributed by atoms with Gasteiger partial charge in [0.05, 0.1) is 42.2 Å². The number of carbonyl (C=O) groups excluding carboxylic acids is 2. The lowest BCUT2D eigenvalue weighted by Gasteiger charge is -2.25. The molecular formula is C35H33ClN2O8S. The molecule has 1 aromatic heterocycles. The van der Waals surface area contributed by atoms with Crippen molar-refractivity contribution < 1.29 is 33.3 Å². The predicted octanol–water partition coefficient (Wildman–Crippen LogP) is 4.98. The molecule has 10 nitrogen and oxygen atoms in total. The van der Waals surface area contributed by atoms with Crippen molar-refractivity contribution in [3.8, 4) is 17.2 Å². The van der Waals surface area contributed by atoms with E-state index in [4.69, 9.17) is 30.5 Å². The molecule has 0 unspecified atom stereocenters. The normalized spacial score (nSPS) is 14.2. The Morgan fingerprint density at radius 1 is 0.979 bits per heavy atom. The highest BCUT2D eigenvalue weighted by molar-refractivity contribution is 7.07. The molecular weight excluding hydrogens is 644 g/mol. The number of hydrogen-bond donors (Lipinski definition) is 0. The van der Waals surface area contributed by atoms with Crippen LogP contribution in [0.2, 0.25) is 5.02 Å². The first kappa shape index (κ1) is 33.5. The van der Waals surface area contributed by atoms with Gasteiger partial charge in [0, 0.05) is 10.6 Å². The Morgan fingerprint density at radius 2 is 1.79 bits per heavy atom. The summed E-state index contributed by atoms with van der Waals surface area (Å²) in [6, 6.07) is 19.0. The van der Waals surface area contributed by atoms with Crippen LogP contribution in [0.5, 0.6) is 17.2 Å². The molecule has 0 radical (unpaired) electrons. The minimum absolute atomic E-state index is 0.145. The zero-order chi connectivity index (χ0) is 33.5. The average molecular weight is 677 g/mol. The summed E-state index contributed by atoms with van der Waals surface area (Å²) in [4.78, 5) is 44.2. The van der Waals surface area contributed by atoms with Gasteiger partial charge in [-0.3, -0.25) is 9.36 Å². The van der Waals surface area contributed by atoms with Gasteiger partial charge < -0.3 is 23.7 Å². The van der Waals surface area contributed by atoms with Crippen LogP contribution in [0.4, 0.5) is 0 Å². The van der Waals surface area contributed by atoms with Crippen LogP contribution in [-0.2, 0) is 25.7 Å². The quantitative estimate of drug-likeness (QED) is 0.193. The van der Waals surface area contributed by atoms with E-state index < -0.39 is 18.0 Å². The van der Waals surface area contributed by atoms with Crippen molar-refractivity contribution in [1.29, 1.82) is 0 Å². The molecule has 1 atom stereocenters. The van der Waals surface area contributed by atoms with E-state index in [1.54, 1.807) is 38.1 Å². The topological polar surface area (TPSA) is 115 Å². The fourth-order valence-corrected chi connectivity index (χ4v) is 6.24. The van der Waals surface area contributed by atoms with E-state index in [1.807, 2.05) is 55.5 Å². The molecule has 1 aliphatic rings. The fraction of sp³-hybridized carbons (Fsp3) is 0.257. The molecule has 0 fully saturated rings. The molecule has 0 bridgehead atoms. The summed E-state index contributed by atoms with van der Waals surface area (Å²) in [7, 11) is 1.27. The highest BCUT2D eigenvalue weighted by atomic mass is 35.5. The lowest BCUT2D eigenvalue weighted by atomic mass is 9.95. The molecule has 2 heterocycles. The van der Waals surface area contributed by atoms with Gasteiger partial charge in [-0.15, -0.1) is 0 Å². The summed E-state index contributed by atoms with van der Waals surface area (Å²) in [5.74, 6) is 0.124. The van der Waals surface area contributed by atoms with Gasteiger partial charge in [0.2, 0.25) is 0 Å². The summed E-state index contributed by atoms with van der Waals surface area (Å²) >= 11 is 7.49. The van der Waals surface area contributed by atoms with Gasteiger partial charge in [0.25, 0.3) is 5.56 Å². The number of allylic oxidation sites excluding steroid dienone is 1. The van der Waals surface area contributed by atoms with Gasteiger partial charge in [0.15, 0.2) is 22.9 Å². The number of rotatable bonds is 12. The van der Waals surface area contributed by atoms with Crippen LogP contribution >= 0.6 is 22.9 Å². The SMILES string of the molecule is CCOC(=O)C1=C(C)N=c2s/c(=C/c3cccc(OCc4ccccc4Cl)c3)c(=O)n2[C@H]1c1ccc(OCC(=O)OC)c(OCC)c1. The Hall–Kier alpha value is -4.87. The molecule has 0 aliphatic carbocycles. The van der Waals surface area contributed by atoms with E-state index in [1.165, 1.54) is 23.0 Å². The van der Waals surface area contributed by atoms with Crippen LogP contribution in [-0.4, -0.2) is 43.4 Å². The standard InChI is InChI=1S/C35H33ClN2O8S/c1-5-43-28-18-23(14-15-27(28)46-20-30(39)42-4)32-31(34(41)44-6-2)21(3)37-35-38(32)33(40)29(47-35)17-22-10-9-12-25(16-22)45-19-24-11-7-8-13-26(24)36/h7-18,32H,5-6,19-20H2,1-4H3/b29-17+/t32-/m0/s1. The summed E-state index contributed by atoms with van der Waals surface area (Å²) in [5.41, 5.74) is 2.50. The van der Waals surface area contributed by atoms with E-state index in [-0.39, 0.29) is 31.0 Å². The molecule has 0 spiro atoms. The highest BCUT2D eigenvalue weighted by Crippen LogP contribution is 2.36. The Kier molecular flexibility index (Phi) is 10.8. The van der Waals surface area contributed by atoms with Gasteiger partial charge in [-0.05, 0) is 68.3 Å². The monoisotopic (exact) mass is 676 g/mol. The number of esters is 2. The minimum atomic E-state index is -0.869. The molecule has 47 heavy (non-hydrogen) atoms. The summed E-state index contributed by atoms with van der Waals surface area (Å²) < 4.78 is 29.4. The molecule has 12 heteroatoms. The molecule has 4 aromatic rings. The number of carbonyl (C=O) groups is 2. The minimum Gasteiger partial charge on any atom is -0.490 e. The van der Waals surface area contributed by atoms with Gasteiger partial charge in [-0.1, -0.05) is 59.3 Å². The van der Waals surface area contributed by atoms with Crippen molar-refractivity contribution in [3.05, 3.63) is 119 Å². The van der Waals surface area contributed by atoms with Crippen LogP contribution in [0, 0.1) is 0 Å². The van der Waals surface area contributed by atoms with E-state index in [9.17, 15) is 14.4 Å². The van der Waals surface area contributed by atoms with E-state index >= 15 is 0 Å². The maximum absolute atomic E-state index is 14.1. The average Bonchev–Trinajstić information content (AvgIpc) is 3.36. The number of methoxy groups -OCH3 is 1. The number of thiazole rings is 1. The first-order valence-corrected chi connectivity index (χ1v) is 16.1. The Bertz CT molecular complexity index is 2020. The number of halogens is 1. The van der Waals surface area contributed by atoms with Crippen LogP contribution in [0.25, 0.3) is 6.08 Å². The first-order valence-electron chi connectivity index (χ1n) is 14.9.